The van der Waals surface area contributed by atoms with Gasteiger partial charge in [-0.2, -0.15) is 0 Å². The number of allylic oxidation sites excluding steroid dienone is 7. The molecule has 0 saturated carbocycles. The Hall–Kier alpha value is -3.70. The van der Waals surface area contributed by atoms with E-state index in [9.17, 15) is 0 Å². The summed E-state index contributed by atoms with van der Waals surface area (Å²) in [6.07, 6.45) is 22.5. The van der Waals surface area contributed by atoms with Crippen molar-refractivity contribution in [3.05, 3.63) is 118 Å². The highest BCUT2D eigenvalue weighted by Gasteiger charge is 2.43. The van der Waals surface area contributed by atoms with Crippen molar-refractivity contribution in [2.24, 2.45) is 11.6 Å². The second-order valence-corrected chi connectivity index (χ2v) is 15.4. The number of rotatable bonds is 14. The fourth-order valence-electron chi connectivity index (χ4n) is 8.44. The Labute approximate surface area is 298 Å². The lowest BCUT2D eigenvalue weighted by atomic mass is 9.80. The van der Waals surface area contributed by atoms with Gasteiger partial charge in [-0.15, -0.1) is 0 Å². The van der Waals surface area contributed by atoms with Gasteiger partial charge in [0.05, 0.1) is 11.7 Å². The molecular formula is C44H63N5. The fourth-order valence-corrected chi connectivity index (χ4v) is 8.44. The number of unbranched alkanes of at least 4 members (excludes halogenated alkanes) is 3. The lowest BCUT2D eigenvalue weighted by molar-refractivity contribution is 0.467. The molecule has 2 aliphatic heterocycles. The Morgan fingerprint density at radius 2 is 1.53 bits per heavy atom. The molecule has 2 aromatic carbocycles. The summed E-state index contributed by atoms with van der Waals surface area (Å²) in [4.78, 5) is 5.13. The quantitative estimate of drug-likeness (QED) is 0.120. The predicted molar refractivity (Wildman–Crippen MR) is 211 cm³/mol. The van der Waals surface area contributed by atoms with E-state index in [1.54, 1.807) is 0 Å². The summed E-state index contributed by atoms with van der Waals surface area (Å²) in [5.74, 6) is 7.03. The van der Waals surface area contributed by atoms with E-state index in [1.165, 1.54) is 58.6 Å². The molecule has 2 heterocycles. The van der Waals surface area contributed by atoms with Gasteiger partial charge in [-0.05, 0) is 85.4 Å². The minimum absolute atomic E-state index is 0.00222. The number of para-hydroxylation sites is 2. The zero-order valence-corrected chi connectivity index (χ0v) is 31.6. The molecule has 5 heteroatoms. The fraction of sp³-hybridized carbons (Fsp3) is 0.500. The number of anilines is 2. The maximum Gasteiger partial charge on any atom is 0.0632 e. The Balaban J connectivity index is 1.56. The van der Waals surface area contributed by atoms with E-state index in [-0.39, 0.29) is 16.9 Å². The summed E-state index contributed by atoms with van der Waals surface area (Å²) in [6, 6.07) is 18.1. The molecule has 4 N–H and O–H groups in total. The number of nitrogens with two attached hydrogens (primary N) is 2. The van der Waals surface area contributed by atoms with Crippen LogP contribution in [0.4, 0.5) is 11.4 Å². The molecule has 1 aliphatic carbocycles. The van der Waals surface area contributed by atoms with Gasteiger partial charge in [-0.1, -0.05) is 122 Å². The zero-order valence-electron chi connectivity index (χ0n) is 31.6. The third-order valence-corrected chi connectivity index (χ3v) is 11.0. The Morgan fingerprint density at radius 3 is 2.24 bits per heavy atom. The smallest absolute Gasteiger partial charge is 0.0632 e. The molecule has 3 aliphatic rings. The van der Waals surface area contributed by atoms with Gasteiger partial charge in [0.15, 0.2) is 0 Å². The Bertz CT molecular complexity index is 1600. The SMILES string of the molecule is CCCCCC/C(N)=C/N(N)C1=C(/C=C/C2N(CCC)c3ccccc3C2(C)C)CCC/C1=C\C=C1\N(CCC)c2ccccc2C1(C)C. The van der Waals surface area contributed by atoms with Crippen molar-refractivity contribution in [2.45, 2.75) is 130 Å². The highest BCUT2D eigenvalue weighted by Crippen LogP contribution is 2.48. The molecule has 1 atom stereocenters. The van der Waals surface area contributed by atoms with Crippen molar-refractivity contribution in [1.29, 1.82) is 0 Å². The molecule has 0 amide bonds. The van der Waals surface area contributed by atoms with Gasteiger partial charge >= 0.3 is 0 Å². The highest BCUT2D eigenvalue weighted by molar-refractivity contribution is 5.71. The number of nitrogens with zero attached hydrogens (tertiary/aromatic N) is 3. The number of hydrogen-bond acceptors (Lipinski definition) is 5. The molecule has 0 radical (unpaired) electrons. The molecular weight excluding hydrogens is 599 g/mol. The largest absolute Gasteiger partial charge is 0.401 e. The normalized spacial score (nSPS) is 21.7. The van der Waals surface area contributed by atoms with E-state index in [0.29, 0.717) is 0 Å². The lowest BCUT2D eigenvalue weighted by Crippen LogP contribution is -2.40. The summed E-state index contributed by atoms with van der Waals surface area (Å²) < 4.78 is 0. The first-order valence-electron chi connectivity index (χ1n) is 19.1. The van der Waals surface area contributed by atoms with Crippen molar-refractivity contribution in [3.63, 3.8) is 0 Å². The molecule has 0 bridgehead atoms. The molecule has 0 aromatic heterocycles. The van der Waals surface area contributed by atoms with Crippen LogP contribution in [0.2, 0.25) is 0 Å². The molecule has 1 unspecified atom stereocenters. The van der Waals surface area contributed by atoms with Crippen LogP contribution in [0, 0.1) is 0 Å². The third kappa shape index (κ3) is 7.57. The molecule has 2 aromatic rings. The van der Waals surface area contributed by atoms with Crippen LogP contribution in [0.3, 0.4) is 0 Å². The van der Waals surface area contributed by atoms with Crippen molar-refractivity contribution in [1.82, 2.24) is 5.01 Å². The van der Waals surface area contributed by atoms with Crippen LogP contribution in [0.25, 0.3) is 0 Å². The van der Waals surface area contributed by atoms with Gasteiger partial charge in [0.1, 0.15) is 0 Å². The first-order valence-corrected chi connectivity index (χ1v) is 19.1. The van der Waals surface area contributed by atoms with Gasteiger partial charge in [-0.3, -0.25) is 5.01 Å². The van der Waals surface area contributed by atoms with Crippen LogP contribution in [0.5, 0.6) is 0 Å². The number of benzene rings is 2. The molecule has 5 nitrogen and oxygen atoms in total. The second-order valence-electron chi connectivity index (χ2n) is 15.4. The van der Waals surface area contributed by atoms with Gasteiger partial charge in [0, 0.05) is 52.9 Å². The van der Waals surface area contributed by atoms with E-state index < -0.39 is 0 Å². The van der Waals surface area contributed by atoms with Gasteiger partial charge in [-0.25, -0.2) is 5.84 Å². The monoisotopic (exact) mass is 662 g/mol. The topological polar surface area (TPSA) is 61.8 Å². The predicted octanol–water partition coefficient (Wildman–Crippen LogP) is 10.5. The molecule has 0 fully saturated rings. The second kappa shape index (κ2) is 15.9. The molecule has 0 saturated heterocycles. The van der Waals surface area contributed by atoms with Gasteiger partial charge < -0.3 is 15.5 Å². The first-order chi connectivity index (χ1) is 23.6. The van der Waals surface area contributed by atoms with Gasteiger partial charge in [0.25, 0.3) is 0 Å². The first kappa shape index (κ1) is 36.6. The summed E-state index contributed by atoms with van der Waals surface area (Å²) >= 11 is 0. The highest BCUT2D eigenvalue weighted by atomic mass is 15.4. The molecule has 49 heavy (non-hydrogen) atoms. The van der Waals surface area contributed by atoms with Crippen molar-refractivity contribution >= 4 is 11.4 Å². The average Bonchev–Trinajstić information content (AvgIpc) is 3.43. The number of hydrazine groups is 1. The summed E-state index contributed by atoms with van der Waals surface area (Å²) in [7, 11) is 0. The third-order valence-electron chi connectivity index (χ3n) is 11.0. The summed E-state index contributed by atoms with van der Waals surface area (Å²) in [5.41, 5.74) is 17.9. The average molecular weight is 662 g/mol. The van der Waals surface area contributed by atoms with Crippen LogP contribution >= 0.6 is 0 Å². The molecule has 0 spiro atoms. The van der Waals surface area contributed by atoms with E-state index in [2.05, 4.69) is 131 Å². The van der Waals surface area contributed by atoms with Crippen LogP contribution < -0.4 is 21.4 Å². The maximum absolute atomic E-state index is 7.03. The Morgan fingerprint density at radius 1 is 0.837 bits per heavy atom. The van der Waals surface area contributed by atoms with Crippen molar-refractivity contribution in [3.8, 4) is 0 Å². The van der Waals surface area contributed by atoms with Crippen molar-refractivity contribution < 1.29 is 0 Å². The maximum atomic E-state index is 7.03. The standard InChI is InChI=1S/C44H63N5/c1-8-11-12-13-21-35(45)32-49(46)42-33(26-28-40-43(4,5)36-22-14-16-24-38(36)47(40)30-9-2)19-18-20-34(42)27-29-41-44(6,7)37-23-15-17-25-39(37)48(41)31-10-3/h14-17,22-29,32,40H,8-13,18-21,30-31,45-46H2,1-7H3/b28-26+,34-27+,35-32-,41-29+. The number of fused-ring (bicyclic) bond motifs is 2. The minimum Gasteiger partial charge on any atom is -0.401 e. The van der Waals surface area contributed by atoms with E-state index in [4.69, 9.17) is 11.6 Å². The Kier molecular flexibility index (Phi) is 11.9. The lowest BCUT2D eigenvalue weighted by Gasteiger charge is -2.33. The summed E-state index contributed by atoms with van der Waals surface area (Å²) in [5, 5.41) is 1.84. The minimum atomic E-state index is -0.0822. The summed E-state index contributed by atoms with van der Waals surface area (Å²) in [6.45, 7) is 18.3. The van der Waals surface area contributed by atoms with E-state index in [1.807, 2.05) is 11.2 Å². The van der Waals surface area contributed by atoms with Crippen molar-refractivity contribution in [2.75, 3.05) is 22.9 Å². The molecule has 5 rings (SSSR count). The zero-order chi connectivity index (χ0) is 35.2. The van der Waals surface area contributed by atoms with Crippen LogP contribution in [-0.2, 0) is 10.8 Å². The van der Waals surface area contributed by atoms with Crippen LogP contribution in [0.1, 0.15) is 124 Å². The van der Waals surface area contributed by atoms with Gasteiger partial charge in [0.2, 0.25) is 0 Å². The molecule has 264 valence electrons. The van der Waals surface area contributed by atoms with E-state index in [0.717, 1.165) is 69.4 Å². The van der Waals surface area contributed by atoms with Crippen LogP contribution in [0.15, 0.2) is 107 Å². The van der Waals surface area contributed by atoms with Crippen LogP contribution in [-0.4, -0.2) is 24.1 Å². The number of hydrogen-bond donors (Lipinski definition) is 2. The van der Waals surface area contributed by atoms with E-state index >= 15 is 0 Å².